The Balaban J connectivity index is 1.63. The first-order valence-corrected chi connectivity index (χ1v) is 9.25. The van der Waals surface area contributed by atoms with Crippen LogP contribution in [0.15, 0.2) is 82.9 Å². The molecule has 0 saturated carbocycles. The predicted molar refractivity (Wildman–Crippen MR) is 117 cm³/mol. The second-order valence-corrected chi connectivity index (χ2v) is 6.54. The van der Waals surface area contributed by atoms with Crippen LogP contribution in [0.4, 0.5) is 5.69 Å². The summed E-state index contributed by atoms with van der Waals surface area (Å²) in [4.78, 5) is 12.6. The maximum absolute atomic E-state index is 5.18. The number of benzene rings is 3. The fourth-order valence-electron chi connectivity index (χ4n) is 2.80. The molecule has 4 aromatic rings. The van der Waals surface area contributed by atoms with E-state index in [1.54, 1.807) is 13.3 Å². The molecule has 0 unspecified atom stereocenters. The highest BCUT2D eigenvalue weighted by molar-refractivity contribution is 6.00. The highest BCUT2D eigenvalue weighted by atomic mass is 16.5. The molecule has 2 N–H and O–H groups in total. The van der Waals surface area contributed by atoms with Crippen LogP contribution in [0.3, 0.4) is 0 Å². The van der Waals surface area contributed by atoms with Crippen molar-refractivity contribution in [2.75, 3.05) is 7.11 Å². The summed E-state index contributed by atoms with van der Waals surface area (Å²) < 4.78 is 5.18. The van der Waals surface area contributed by atoms with Crippen LogP contribution < -0.4 is 10.2 Å². The van der Waals surface area contributed by atoms with Crippen molar-refractivity contribution in [2.24, 2.45) is 10.1 Å². The molecular weight excluding hydrogens is 362 g/mol. The fourth-order valence-corrected chi connectivity index (χ4v) is 2.80. The molecule has 0 atom stereocenters. The lowest BCUT2D eigenvalue weighted by Gasteiger charge is -2.04. The number of H-pyrrole nitrogens is 1. The lowest BCUT2D eigenvalue weighted by Crippen LogP contribution is -2.20. The van der Waals surface area contributed by atoms with Crippen molar-refractivity contribution in [1.29, 1.82) is 0 Å². The van der Waals surface area contributed by atoms with Crippen molar-refractivity contribution in [3.05, 3.63) is 89.7 Å². The summed E-state index contributed by atoms with van der Waals surface area (Å²) in [5.41, 5.74) is 7.79. The Bertz CT molecular complexity index is 1130. The van der Waals surface area contributed by atoms with E-state index in [1.807, 2.05) is 79.7 Å². The molecule has 144 valence electrons. The Kier molecular flexibility index (Phi) is 5.33. The summed E-state index contributed by atoms with van der Waals surface area (Å²) in [6.45, 7) is 2.05. The summed E-state index contributed by atoms with van der Waals surface area (Å²) in [6, 6.07) is 23.5. The van der Waals surface area contributed by atoms with E-state index in [2.05, 4.69) is 20.5 Å². The number of ether oxygens (including phenoxy) is 1. The molecule has 0 aliphatic rings. The fraction of sp³-hybridized carbons (Fsp3) is 0.0870. The van der Waals surface area contributed by atoms with Gasteiger partial charge in [0.05, 0.1) is 30.0 Å². The minimum absolute atomic E-state index is 0.537. The van der Waals surface area contributed by atoms with Gasteiger partial charge in [0.2, 0.25) is 0 Å². The molecule has 4 rings (SSSR count). The van der Waals surface area contributed by atoms with E-state index in [0.717, 1.165) is 28.0 Å². The number of para-hydroxylation sites is 2. The van der Waals surface area contributed by atoms with E-state index in [1.165, 1.54) is 5.56 Å². The number of rotatable bonds is 5. The summed E-state index contributed by atoms with van der Waals surface area (Å²) in [6.07, 6.45) is 1.73. The monoisotopic (exact) mass is 383 g/mol. The van der Waals surface area contributed by atoms with Crippen molar-refractivity contribution >= 4 is 28.8 Å². The molecule has 0 spiro atoms. The van der Waals surface area contributed by atoms with Crippen LogP contribution in [0.5, 0.6) is 5.75 Å². The maximum Gasteiger partial charge on any atom is 0.190 e. The Hall–Kier alpha value is -3.93. The number of aromatic nitrogens is 2. The van der Waals surface area contributed by atoms with Gasteiger partial charge >= 0.3 is 0 Å². The lowest BCUT2D eigenvalue weighted by molar-refractivity contribution is 0.415. The highest BCUT2D eigenvalue weighted by Crippen LogP contribution is 2.16. The van der Waals surface area contributed by atoms with Gasteiger partial charge in [-0.15, -0.1) is 0 Å². The van der Waals surface area contributed by atoms with Gasteiger partial charge in [0.25, 0.3) is 0 Å². The molecule has 0 amide bonds. The lowest BCUT2D eigenvalue weighted by atomic mass is 10.2. The van der Waals surface area contributed by atoms with Gasteiger partial charge in [0, 0.05) is 0 Å². The quantitative estimate of drug-likeness (QED) is 0.301. The number of hydrazone groups is 1. The van der Waals surface area contributed by atoms with Gasteiger partial charge in [-0.1, -0.05) is 29.8 Å². The number of amidine groups is 1. The third-order valence-corrected chi connectivity index (χ3v) is 4.39. The zero-order valence-electron chi connectivity index (χ0n) is 16.3. The van der Waals surface area contributed by atoms with Crippen LogP contribution in [-0.2, 0) is 0 Å². The van der Waals surface area contributed by atoms with Gasteiger partial charge in [-0.2, -0.15) is 5.10 Å². The maximum atomic E-state index is 5.18. The number of fused-ring (bicyclic) bond motifs is 1. The van der Waals surface area contributed by atoms with Crippen LogP contribution in [0, 0.1) is 6.92 Å². The number of methoxy groups -OCH3 is 1. The topological polar surface area (TPSA) is 74.7 Å². The molecule has 0 bridgehead atoms. The van der Waals surface area contributed by atoms with Crippen LogP contribution in [0.2, 0.25) is 0 Å². The first-order valence-electron chi connectivity index (χ1n) is 9.25. The number of nitrogens with one attached hydrogen (secondary N) is 2. The first kappa shape index (κ1) is 18.4. The summed E-state index contributed by atoms with van der Waals surface area (Å²) >= 11 is 0. The largest absolute Gasteiger partial charge is 0.497 e. The third-order valence-electron chi connectivity index (χ3n) is 4.39. The van der Waals surface area contributed by atoms with E-state index in [4.69, 9.17) is 9.73 Å². The molecule has 29 heavy (non-hydrogen) atoms. The second-order valence-electron chi connectivity index (χ2n) is 6.54. The molecule has 0 fully saturated rings. The standard InChI is InChI=1S/C23H21N5O/c1-16-7-11-18(12-8-16)25-23(22-26-20-5-3-4-6-21(20)27-22)28-24-15-17-9-13-19(29-2)14-10-17/h3-15H,1-2H3,(H,25,28)(H,26,27). The van der Waals surface area contributed by atoms with E-state index < -0.39 is 0 Å². The molecule has 1 aromatic heterocycles. The SMILES string of the molecule is COc1ccc(C=NNC(=Nc2ccc(C)cc2)c2nc3ccccc3[nH]2)cc1. The molecule has 0 aliphatic carbocycles. The predicted octanol–water partition coefficient (Wildman–Crippen LogP) is 4.58. The molecule has 0 saturated heterocycles. The average Bonchev–Trinajstić information content (AvgIpc) is 3.19. The summed E-state index contributed by atoms with van der Waals surface area (Å²) in [7, 11) is 1.64. The van der Waals surface area contributed by atoms with Crippen LogP contribution in [0.25, 0.3) is 11.0 Å². The molecule has 0 aliphatic heterocycles. The highest BCUT2D eigenvalue weighted by Gasteiger charge is 2.09. The summed E-state index contributed by atoms with van der Waals surface area (Å²) in [5.74, 6) is 1.97. The third kappa shape index (κ3) is 4.50. The molecule has 3 aromatic carbocycles. The van der Waals surface area contributed by atoms with Crippen molar-refractivity contribution in [1.82, 2.24) is 15.4 Å². The molecule has 6 heteroatoms. The van der Waals surface area contributed by atoms with Crippen molar-refractivity contribution in [3.8, 4) is 5.75 Å². The van der Waals surface area contributed by atoms with Crippen molar-refractivity contribution in [2.45, 2.75) is 6.92 Å². The van der Waals surface area contributed by atoms with Gasteiger partial charge in [-0.3, -0.25) is 5.43 Å². The Morgan fingerprint density at radius 2 is 1.76 bits per heavy atom. The number of nitrogens with zero attached hydrogens (tertiary/aromatic N) is 3. The number of aromatic amines is 1. The number of aliphatic imine (C=N–C) groups is 1. The number of hydrogen-bond donors (Lipinski definition) is 2. The van der Waals surface area contributed by atoms with Gasteiger partial charge in [-0.25, -0.2) is 9.98 Å². The van der Waals surface area contributed by atoms with Gasteiger partial charge < -0.3 is 9.72 Å². The zero-order chi connectivity index (χ0) is 20.1. The number of aryl methyl sites for hydroxylation is 1. The first-order chi connectivity index (χ1) is 14.2. The zero-order valence-corrected chi connectivity index (χ0v) is 16.3. The van der Waals surface area contributed by atoms with Crippen LogP contribution >= 0.6 is 0 Å². The Morgan fingerprint density at radius 3 is 2.48 bits per heavy atom. The van der Waals surface area contributed by atoms with Crippen LogP contribution in [-0.4, -0.2) is 29.1 Å². The minimum atomic E-state index is 0.537. The average molecular weight is 383 g/mol. The van der Waals surface area contributed by atoms with Gasteiger partial charge in [0.1, 0.15) is 5.75 Å². The Morgan fingerprint density at radius 1 is 1.00 bits per heavy atom. The number of imidazole rings is 1. The van der Waals surface area contributed by atoms with E-state index in [-0.39, 0.29) is 0 Å². The minimum Gasteiger partial charge on any atom is -0.497 e. The molecule has 6 nitrogen and oxygen atoms in total. The number of hydrogen-bond acceptors (Lipinski definition) is 4. The summed E-state index contributed by atoms with van der Waals surface area (Å²) in [5, 5.41) is 4.35. The van der Waals surface area contributed by atoms with E-state index in [9.17, 15) is 0 Å². The van der Waals surface area contributed by atoms with E-state index >= 15 is 0 Å². The molecule has 0 radical (unpaired) electrons. The second kappa shape index (κ2) is 8.39. The normalized spacial score (nSPS) is 11.9. The smallest absolute Gasteiger partial charge is 0.190 e. The Labute approximate surface area is 169 Å². The van der Waals surface area contributed by atoms with E-state index in [0.29, 0.717) is 11.7 Å². The van der Waals surface area contributed by atoms with Crippen LogP contribution in [0.1, 0.15) is 17.0 Å². The van der Waals surface area contributed by atoms with Gasteiger partial charge in [-0.05, 0) is 61.0 Å². The molecular formula is C23H21N5O. The van der Waals surface area contributed by atoms with Crippen molar-refractivity contribution < 1.29 is 4.74 Å². The molecule has 1 heterocycles. The van der Waals surface area contributed by atoms with Gasteiger partial charge in [0.15, 0.2) is 11.7 Å². The van der Waals surface area contributed by atoms with Crippen molar-refractivity contribution in [3.63, 3.8) is 0 Å².